The first-order chi connectivity index (χ1) is 8.13. The van der Waals surface area contributed by atoms with E-state index in [2.05, 4.69) is 40.4 Å². The van der Waals surface area contributed by atoms with Gasteiger partial charge in [0.25, 0.3) is 0 Å². The molecule has 2 N–H and O–H groups in total. The zero-order valence-corrected chi connectivity index (χ0v) is 11.0. The minimum Gasteiger partial charge on any atom is -0.334 e. The molecule has 0 aliphatic carbocycles. The van der Waals surface area contributed by atoms with Gasteiger partial charge in [0.1, 0.15) is 5.82 Å². The van der Waals surface area contributed by atoms with Crippen molar-refractivity contribution < 1.29 is 0 Å². The van der Waals surface area contributed by atoms with Crippen molar-refractivity contribution in [1.29, 1.82) is 0 Å². The van der Waals surface area contributed by atoms with Crippen LogP contribution in [0, 0.1) is 0 Å². The van der Waals surface area contributed by atoms with E-state index in [-0.39, 0.29) is 6.04 Å². The molecule has 2 atom stereocenters. The highest BCUT2D eigenvalue weighted by molar-refractivity contribution is 5.04. The molecule has 0 bridgehead atoms. The molecule has 2 heterocycles. The highest BCUT2D eigenvalue weighted by Crippen LogP contribution is 2.19. The van der Waals surface area contributed by atoms with E-state index in [0.717, 1.165) is 32.0 Å². The lowest BCUT2D eigenvalue weighted by atomic mass is 10.0. The summed E-state index contributed by atoms with van der Waals surface area (Å²) >= 11 is 0. The fourth-order valence-electron chi connectivity index (χ4n) is 2.49. The molecule has 1 aliphatic heterocycles. The normalized spacial score (nSPS) is 25.1. The first kappa shape index (κ1) is 12.5. The Labute approximate surface area is 103 Å². The minimum absolute atomic E-state index is 0.0160. The third kappa shape index (κ3) is 2.51. The van der Waals surface area contributed by atoms with Crippen molar-refractivity contribution in [1.82, 2.24) is 19.4 Å². The Morgan fingerprint density at radius 2 is 2.24 bits per heavy atom. The summed E-state index contributed by atoms with van der Waals surface area (Å²) in [6.07, 6.45) is 3.84. The summed E-state index contributed by atoms with van der Waals surface area (Å²) < 4.78 is 2.13. The molecule has 5 nitrogen and oxygen atoms in total. The average Bonchev–Trinajstić information content (AvgIpc) is 2.79. The molecule has 96 valence electrons. The number of piperazine rings is 1. The van der Waals surface area contributed by atoms with Gasteiger partial charge in [0.05, 0.1) is 6.04 Å². The molecule has 1 fully saturated rings. The Bertz CT molecular complexity index is 362. The zero-order valence-electron chi connectivity index (χ0n) is 11.0. The first-order valence-electron chi connectivity index (χ1n) is 6.29. The van der Waals surface area contributed by atoms with Gasteiger partial charge in [0, 0.05) is 44.6 Å². The molecule has 0 amide bonds. The third-order valence-electron chi connectivity index (χ3n) is 3.70. The molecule has 5 heteroatoms. The largest absolute Gasteiger partial charge is 0.334 e. The van der Waals surface area contributed by atoms with Gasteiger partial charge >= 0.3 is 0 Å². The van der Waals surface area contributed by atoms with Crippen LogP contribution in [0.3, 0.4) is 0 Å². The number of nitrogens with two attached hydrogens (primary N) is 1. The molecule has 0 aromatic carbocycles. The van der Waals surface area contributed by atoms with Gasteiger partial charge in [0.2, 0.25) is 0 Å². The van der Waals surface area contributed by atoms with Crippen LogP contribution in [0.5, 0.6) is 0 Å². The van der Waals surface area contributed by atoms with Crippen LogP contribution in [0.1, 0.15) is 18.8 Å². The lowest BCUT2D eigenvalue weighted by Crippen LogP contribution is -2.54. The van der Waals surface area contributed by atoms with Gasteiger partial charge in [-0.3, -0.25) is 4.90 Å². The van der Waals surface area contributed by atoms with Crippen LogP contribution in [0.4, 0.5) is 0 Å². The van der Waals surface area contributed by atoms with E-state index in [1.54, 1.807) is 0 Å². The fourth-order valence-corrected chi connectivity index (χ4v) is 2.49. The number of imidazole rings is 1. The summed E-state index contributed by atoms with van der Waals surface area (Å²) in [5.74, 6) is 1.000. The fraction of sp³-hybridized carbons (Fsp3) is 0.750. The van der Waals surface area contributed by atoms with E-state index in [0.29, 0.717) is 6.04 Å². The van der Waals surface area contributed by atoms with Crippen molar-refractivity contribution in [2.24, 2.45) is 5.73 Å². The highest BCUT2D eigenvalue weighted by Gasteiger charge is 2.30. The van der Waals surface area contributed by atoms with Crippen LogP contribution < -0.4 is 5.73 Å². The van der Waals surface area contributed by atoms with E-state index in [4.69, 9.17) is 5.73 Å². The van der Waals surface area contributed by atoms with Gasteiger partial charge in [-0.25, -0.2) is 4.98 Å². The number of rotatable bonds is 3. The summed E-state index contributed by atoms with van der Waals surface area (Å²) in [4.78, 5) is 9.10. The molecule has 1 aliphatic rings. The van der Waals surface area contributed by atoms with Crippen molar-refractivity contribution in [3.63, 3.8) is 0 Å². The number of hydrogen-bond donors (Lipinski definition) is 1. The van der Waals surface area contributed by atoms with Crippen molar-refractivity contribution in [2.75, 3.05) is 33.7 Å². The zero-order chi connectivity index (χ0) is 12.4. The van der Waals surface area contributed by atoms with Crippen LogP contribution in [0.15, 0.2) is 12.4 Å². The summed E-state index contributed by atoms with van der Waals surface area (Å²) in [6, 6.07) is 0.333. The number of aryl methyl sites for hydroxylation is 1. The average molecular weight is 237 g/mol. The lowest BCUT2D eigenvalue weighted by Gasteiger charge is -2.40. The van der Waals surface area contributed by atoms with Gasteiger partial charge < -0.3 is 15.2 Å². The van der Waals surface area contributed by atoms with Gasteiger partial charge in [0.15, 0.2) is 0 Å². The predicted molar refractivity (Wildman–Crippen MR) is 68.7 cm³/mol. The van der Waals surface area contributed by atoms with Crippen molar-refractivity contribution in [2.45, 2.75) is 25.6 Å². The predicted octanol–water partition coefficient (Wildman–Crippen LogP) is 0.149. The van der Waals surface area contributed by atoms with E-state index in [1.807, 2.05) is 12.4 Å². The van der Waals surface area contributed by atoms with Gasteiger partial charge in [-0.1, -0.05) is 0 Å². The molecule has 0 radical (unpaired) electrons. The highest BCUT2D eigenvalue weighted by atomic mass is 15.3. The Morgan fingerprint density at radius 3 is 2.94 bits per heavy atom. The van der Waals surface area contributed by atoms with Gasteiger partial charge in [-0.2, -0.15) is 0 Å². The van der Waals surface area contributed by atoms with Crippen LogP contribution in [0.2, 0.25) is 0 Å². The quantitative estimate of drug-likeness (QED) is 0.813. The molecule has 0 saturated carbocycles. The van der Waals surface area contributed by atoms with Crippen molar-refractivity contribution in [3.05, 3.63) is 18.2 Å². The van der Waals surface area contributed by atoms with Crippen LogP contribution >= 0.6 is 0 Å². The number of hydrogen-bond acceptors (Lipinski definition) is 4. The molecule has 1 aromatic rings. The summed E-state index contributed by atoms with van der Waals surface area (Å²) in [5, 5.41) is 0. The van der Waals surface area contributed by atoms with Crippen LogP contribution in [-0.4, -0.2) is 59.1 Å². The smallest absolute Gasteiger partial charge is 0.127 e. The molecule has 0 spiro atoms. The lowest BCUT2D eigenvalue weighted by molar-refractivity contribution is 0.0946. The van der Waals surface area contributed by atoms with Crippen molar-refractivity contribution >= 4 is 0 Å². The third-order valence-corrected chi connectivity index (χ3v) is 3.70. The van der Waals surface area contributed by atoms with E-state index >= 15 is 0 Å². The summed E-state index contributed by atoms with van der Waals surface area (Å²) in [6.45, 7) is 6.24. The second-order valence-electron chi connectivity index (χ2n) is 4.91. The minimum atomic E-state index is -0.0160. The number of aromatic nitrogens is 2. The maximum absolute atomic E-state index is 6.39. The molecule has 2 unspecified atom stereocenters. The summed E-state index contributed by atoms with van der Waals surface area (Å²) in [7, 11) is 4.30. The van der Waals surface area contributed by atoms with E-state index in [9.17, 15) is 0 Å². The van der Waals surface area contributed by atoms with Crippen LogP contribution in [0.25, 0.3) is 0 Å². The Kier molecular flexibility index (Phi) is 3.81. The molecular formula is C12H23N5. The van der Waals surface area contributed by atoms with Gasteiger partial charge in [-0.05, 0) is 21.0 Å². The molecule has 1 aromatic heterocycles. The SMILES string of the molecule is CCn1ccnc1C(N)C1CN(C)CCN1C. The molecule has 1 saturated heterocycles. The maximum Gasteiger partial charge on any atom is 0.127 e. The number of likely N-dealkylation sites (N-methyl/N-ethyl adjacent to an activating group) is 2. The standard InChI is InChI=1S/C12H23N5/c1-4-17-6-5-14-12(17)11(13)10-9-15(2)7-8-16(10)3/h5-6,10-11H,4,7-9,13H2,1-3H3. The monoisotopic (exact) mass is 237 g/mol. The first-order valence-corrected chi connectivity index (χ1v) is 6.29. The van der Waals surface area contributed by atoms with Gasteiger partial charge in [-0.15, -0.1) is 0 Å². The summed E-state index contributed by atoms with van der Waals surface area (Å²) in [5.41, 5.74) is 6.39. The maximum atomic E-state index is 6.39. The molecular weight excluding hydrogens is 214 g/mol. The molecule has 2 rings (SSSR count). The van der Waals surface area contributed by atoms with Crippen LogP contribution in [-0.2, 0) is 6.54 Å². The second kappa shape index (κ2) is 5.16. The molecule has 17 heavy (non-hydrogen) atoms. The Morgan fingerprint density at radius 1 is 1.47 bits per heavy atom. The topological polar surface area (TPSA) is 50.3 Å². The van der Waals surface area contributed by atoms with Crippen molar-refractivity contribution in [3.8, 4) is 0 Å². The Balaban J connectivity index is 2.15. The second-order valence-corrected chi connectivity index (χ2v) is 4.91. The Hall–Kier alpha value is -0.910. The van der Waals surface area contributed by atoms with E-state index in [1.165, 1.54) is 0 Å². The number of nitrogens with zero attached hydrogens (tertiary/aromatic N) is 4. The van der Waals surface area contributed by atoms with E-state index < -0.39 is 0 Å².